The highest BCUT2D eigenvalue weighted by Gasteiger charge is 2.24. The Bertz CT molecular complexity index is 533. The molecule has 0 aromatic carbocycles. The lowest BCUT2D eigenvalue weighted by atomic mass is 10.2. The van der Waals surface area contributed by atoms with Crippen molar-refractivity contribution in [1.29, 1.82) is 0 Å². The van der Waals surface area contributed by atoms with Gasteiger partial charge in [0.05, 0.1) is 24.1 Å². The highest BCUT2D eigenvalue weighted by atomic mass is 15.2. The quantitative estimate of drug-likeness (QED) is 0.851. The van der Waals surface area contributed by atoms with Gasteiger partial charge in [0.25, 0.3) is 0 Å². The van der Waals surface area contributed by atoms with E-state index in [1.807, 2.05) is 23.8 Å². The van der Waals surface area contributed by atoms with Gasteiger partial charge in [-0.15, -0.1) is 0 Å². The zero-order valence-corrected chi connectivity index (χ0v) is 10.2. The molecule has 0 bridgehead atoms. The van der Waals surface area contributed by atoms with Gasteiger partial charge in [-0.3, -0.25) is 4.90 Å². The summed E-state index contributed by atoms with van der Waals surface area (Å²) < 4.78 is 2.04. The molecule has 0 saturated carbocycles. The molecule has 1 aliphatic rings. The van der Waals surface area contributed by atoms with E-state index in [1.165, 1.54) is 19.4 Å². The van der Waals surface area contributed by atoms with Crippen LogP contribution in [0.15, 0.2) is 18.6 Å². The van der Waals surface area contributed by atoms with Gasteiger partial charge in [0.15, 0.2) is 5.65 Å². The molecule has 5 nitrogen and oxygen atoms in total. The first-order valence-corrected chi connectivity index (χ1v) is 6.00. The number of hydrogen-bond donors (Lipinski definition) is 1. The fourth-order valence-electron chi connectivity index (χ4n) is 2.49. The molecule has 17 heavy (non-hydrogen) atoms. The molecular formula is C12H17N5. The third-order valence-electron chi connectivity index (χ3n) is 3.48. The molecule has 1 N–H and O–H groups in total. The Morgan fingerprint density at radius 2 is 2.29 bits per heavy atom. The van der Waals surface area contributed by atoms with Crippen molar-refractivity contribution in [2.75, 3.05) is 26.0 Å². The second-order valence-electron chi connectivity index (χ2n) is 4.59. The maximum atomic E-state index is 4.65. The number of anilines is 1. The Hall–Kier alpha value is -1.62. The molecule has 0 unspecified atom stereocenters. The van der Waals surface area contributed by atoms with Gasteiger partial charge in [0.1, 0.15) is 5.82 Å². The summed E-state index contributed by atoms with van der Waals surface area (Å²) in [7, 11) is 4.04. The van der Waals surface area contributed by atoms with E-state index in [1.54, 1.807) is 0 Å². The first-order valence-electron chi connectivity index (χ1n) is 6.00. The standard InChI is InChI=1S/C12H17N5/c1-13-11-8-17-7-9(15-12(17)6-14-11)10-4-3-5-16(10)2/h6-8,10,13H,3-5H2,1-2H3/t10-/m0/s1. The van der Waals surface area contributed by atoms with E-state index in [0.29, 0.717) is 6.04 Å². The van der Waals surface area contributed by atoms with Gasteiger partial charge in [-0.05, 0) is 26.4 Å². The number of likely N-dealkylation sites (tertiary alicyclic amines) is 1. The van der Waals surface area contributed by atoms with Crippen molar-refractivity contribution < 1.29 is 0 Å². The molecule has 2 aromatic rings. The van der Waals surface area contributed by atoms with E-state index in [9.17, 15) is 0 Å². The van der Waals surface area contributed by atoms with Crippen molar-refractivity contribution in [3.8, 4) is 0 Å². The van der Waals surface area contributed by atoms with Crippen LogP contribution in [-0.2, 0) is 0 Å². The minimum absolute atomic E-state index is 0.466. The average Bonchev–Trinajstić information content (AvgIpc) is 2.93. The molecule has 0 spiro atoms. The van der Waals surface area contributed by atoms with Crippen LogP contribution in [0.25, 0.3) is 5.65 Å². The number of nitrogens with one attached hydrogen (secondary N) is 1. The van der Waals surface area contributed by atoms with Gasteiger partial charge in [-0.2, -0.15) is 0 Å². The van der Waals surface area contributed by atoms with Crippen molar-refractivity contribution in [3.63, 3.8) is 0 Å². The van der Waals surface area contributed by atoms with Gasteiger partial charge >= 0.3 is 0 Å². The van der Waals surface area contributed by atoms with E-state index in [4.69, 9.17) is 0 Å². The predicted molar refractivity (Wildman–Crippen MR) is 67.1 cm³/mol. The number of aromatic nitrogens is 3. The minimum Gasteiger partial charge on any atom is -0.372 e. The minimum atomic E-state index is 0.466. The maximum Gasteiger partial charge on any atom is 0.155 e. The van der Waals surface area contributed by atoms with E-state index >= 15 is 0 Å². The van der Waals surface area contributed by atoms with Gasteiger partial charge in [0, 0.05) is 13.2 Å². The number of imidazole rings is 1. The third kappa shape index (κ3) is 1.76. The Balaban J connectivity index is 2.01. The van der Waals surface area contributed by atoms with Crippen molar-refractivity contribution in [2.24, 2.45) is 0 Å². The monoisotopic (exact) mass is 231 g/mol. The van der Waals surface area contributed by atoms with Crippen LogP contribution in [0, 0.1) is 0 Å². The number of hydrogen-bond acceptors (Lipinski definition) is 4. The molecule has 1 fully saturated rings. The number of nitrogens with zero attached hydrogens (tertiary/aromatic N) is 4. The summed E-state index contributed by atoms with van der Waals surface area (Å²) in [6, 6.07) is 0.466. The Morgan fingerprint density at radius 3 is 3.00 bits per heavy atom. The Morgan fingerprint density at radius 1 is 1.41 bits per heavy atom. The lowest BCUT2D eigenvalue weighted by Crippen LogP contribution is -2.17. The van der Waals surface area contributed by atoms with Crippen molar-refractivity contribution in [3.05, 3.63) is 24.3 Å². The van der Waals surface area contributed by atoms with Gasteiger partial charge in [0.2, 0.25) is 0 Å². The van der Waals surface area contributed by atoms with Crippen molar-refractivity contribution in [1.82, 2.24) is 19.3 Å². The second-order valence-corrected chi connectivity index (χ2v) is 4.59. The molecule has 1 atom stereocenters. The van der Waals surface area contributed by atoms with E-state index < -0.39 is 0 Å². The summed E-state index contributed by atoms with van der Waals surface area (Å²) in [4.78, 5) is 11.3. The van der Waals surface area contributed by atoms with Gasteiger partial charge in [-0.25, -0.2) is 9.97 Å². The average molecular weight is 231 g/mol. The van der Waals surface area contributed by atoms with Crippen molar-refractivity contribution >= 4 is 11.5 Å². The van der Waals surface area contributed by atoms with Crippen LogP contribution < -0.4 is 5.32 Å². The zero-order valence-electron chi connectivity index (χ0n) is 10.2. The molecular weight excluding hydrogens is 214 g/mol. The molecule has 0 radical (unpaired) electrons. The maximum absolute atomic E-state index is 4.65. The Labute approximate surface area is 100 Å². The molecule has 1 saturated heterocycles. The summed E-state index contributed by atoms with van der Waals surface area (Å²) >= 11 is 0. The van der Waals surface area contributed by atoms with Crippen LogP contribution >= 0.6 is 0 Å². The normalized spacial score (nSPS) is 21.2. The molecule has 2 aromatic heterocycles. The smallest absolute Gasteiger partial charge is 0.155 e. The van der Waals surface area contributed by atoms with Crippen molar-refractivity contribution in [2.45, 2.75) is 18.9 Å². The topological polar surface area (TPSA) is 45.5 Å². The molecule has 5 heteroatoms. The highest BCUT2D eigenvalue weighted by molar-refractivity contribution is 5.43. The highest BCUT2D eigenvalue weighted by Crippen LogP contribution is 2.29. The van der Waals surface area contributed by atoms with Crippen LogP contribution in [-0.4, -0.2) is 39.9 Å². The molecule has 90 valence electrons. The fourth-order valence-corrected chi connectivity index (χ4v) is 2.49. The van der Waals surface area contributed by atoms with Crippen LogP contribution in [0.1, 0.15) is 24.6 Å². The zero-order chi connectivity index (χ0) is 11.8. The van der Waals surface area contributed by atoms with E-state index in [2.05, 4.69) is 33.4 Å². The summed E-state index contributed by atoms with van der Waals surface area (Å²) in [6.45, 7) is 1.17. The SMILES string of the molecule is CNc1cn2cc([C@@H]3CCCN3C)nc2cn1. The summed E-state index contributed by atoms with van der Waals surface area (Å²) in [6.07, 6.45) is 8.36. The molecule has 1 aliphatic heterocycles. The predicted octanol–water partition coefficient (Wildman–Crippen LogP) is 1.54. The summed E-state index contributed by atoms with van der Waals surface area (Å²) in [5.74, 6) is 0.862. The van der Waals surface area contributed by atoms with E-state index in [0.717, 1.165) is 17.2 Å². The van der Waals surface area contributed by atoms with Gasteiger partial charge < -0.3 is 9.72 Å². The van der Waals surface area contributed by atoms with Crippen LogP contribution in [0.2, 0.25) is 0 Å². The Kier molecular flexibility index (Phi) is 2.48. The van der Waals surface area contributed by atoms with Crippen LogP contribution in [0.3, 0.4) is 0 Å². The van der Waals surface area contributed by atoms with Crippen LogP contribution in [0.4, 0.5) is 5.82 Å². The second kappa shape index (κ2) is 4.00. The molecule has 3 heterocycles. The van der Waals surface area contributed by atoms with Crippen LogP contribution in [0.5, 0.6) is 0 Å². The first-order chi connectivity index (χ1) is 8.28. The first kappa shape index (κ1) is 10.5. The third-order valence-corrected chi connectivity index (χ3v) is 3.48. The summed E-state index contributed by atoms with van der Waals surface area (Å²) in [5, 5.41) is 3.04. The number of rotatable bonds is 2. The molecule has 0 amide bonds. The molecule has 0 aliphatic carbocycles. The number of fused-ring (bicyclic) bond motifs is 1. The lowest BCUT2D eigenvalue weighted by molar-refractivity contribution is 0.313. The van der Waals surface area contributed by atoms with E-state index in [-0.39, 0.29) is 0 Å². The van der Waals surface area contributed by atoms with Gasteiger partial charge in [-0.1, -0.05) is 0 Å². The molecule has 3 rings (SSSR count). The largest absolute Gasteiger partial charge is 0.372 e. The summed E-state index contributed by atoms with van der Waals surface area (Å²) in [5.41, 5.74) is 2.07. The fraction of sp³-hybridized carbons (Fsp3) is 0.500. The lowest BCUT2D eigenvalue weighted by Gasteiger charge is -2.16.